The minimum atomic E-state index is -0.290. The zero-order valence-electron chi connectivity index (χ0n) is 19.9. The monoisotopic (exact) mass is 479 g/mol. The molecule has 3 heterocycles. The Labute approximate surface area is 208 Å². The van der Waals surface area contributed by atoms with Crippen LogP contribution in [0.15, 0.2) is 65.7 Å². The van der Waals surface area contributed by atoms with Gasteiger partial charge in [0.2, 0.25) is 0 Å². The SMILES string of the molecule is O=C(NCc1ccc2c(c1)CN=C2)c1ccc2nc(N3CCCCC3)c(-c3ccc(F)cc3)nc2c1. The van der Waals surface area contributed by atoms with Crippen LogP contribution >= 0.6 is 0 Å². The molecule has 7 heteroatoms. The summed E-state index contributed by atoms with van der Waals surface area (Å²) in [4.78, 5) is 29.4. The van der Waals surface area contributed by atoms with Crippen molar-refractivity contribution in [2.75, 3.05) is 18.0 Å². The maximum Gasteiger partial charge on any atom is 0.251 e. The van der Waals surface area contributed by atoms with Gasteiger partial charge in [-0.15, -0.1) is 0 Å². The molecule has 0 atom stereocenters. The number of hydrogen-bond donors (Lipinski definition) is 1. The van der Waals surface area contributed by atoms with Gasteiger partial charge in [-0.3, -0.25) is 9.79 Å². The Bertz CT molecular complexity index is 1480. The van der Waals surface area contributed by atoms with E-state index in [0.717, 1.165) is 54.0 Å². The summed E-state index contributed by atoms with van der Waals surface area (Å²) in [6.07, 6.45) is 5.31. The average Bonchev–Trinajstić information content (AvgIpc) is 3.40. The number of fused-ring (bicyclic) bond motifs is 2. The highest BCUT2D eigenvalue weighted by Crippen LogP contribution is 2.32. The summed E-state index contributed by atoms with van der Waals surface area (Å²) in [6.45, 7) is 2.97. The van der Waals surface area contributed by atoms with E-state index in [0.29, 0.717) is 29.9 Å². The Morgan fingerprint density at radius 1 is 0.917 bits per heavy atom. The molecular formula is C29H26FN5O. The summed E-state index contributed by atoms with van der Waals surface area (Å²) in [7, 11) is 0. The molecule has 0 spiro atoms. The smallest absolute Gasteiger partial charge is 0.251 e. The number of amides is 1. The van der Waals surface area contributed by atoms with Gasteiger partial charge in [0.25, 0.3) is 5.91 Å². The molecule has 0 aliphatic carbocycles. The van der Waals surface area contributed by atoms with E-state index in [2.05, 4.69) is 21.3 Å². The van der Waals surface area contributed by atoms with Gasteiger partial charge in [-0.05, 0) is 78.4 Å². The first-order valence-corrected chi connectivity index (χ1v) is 12.4. The number of halogens is 1. The highest BCUT2D eigenvalue weighted by molar-refractivity contribution is 5.98. The fourth-order valence-corrected chi connectivity index (χ4v) is 4.87. The van der Waals surface area contributed by atoms with Gasteiger partial charge in [-0.25, -0.2) is 14.4 Å². The largest absolute Gasteiger partial charge is 0.355 e. The molecule has 1 amide bonds. The summed E-state index contributed by atoms with van der Waals surface area (Å²) >= 11 is 0. The van der Waals surface area contributed by atoms with E-state index >= 15 is 0 Å². The molecule has 180 valence electrons. The molecule has 1 fully saturated rings. The van der Waals surface area contributed by atoms with Gasteiger partial charge >= 0.3 is 0 Å². The minimum Gasteiger partial charge on any atom is -0.355 e. The van der Waals surface area contributed by atoms with Gasteiger partial charge in [0.05, 0.1) is 17.6 Å². The molecular weight excluding hydrogens is 453 g/mol. The van der Waals surface area contributed by atoms with Crippen LogP contribution < -0.4 is 10.2 Å². The first-order chi connectivity index (χ1) is 17.6. The molecule has 3 aromatic carbocycles. The number of piperidine rings is 1. The van der Waals surface area contributed by atoms with Crippen LogP contribution in [-0.2, 0) is 13.1 Å². The topological polar surface area (TPSA) is 70.5 Å². The number of hydrogen-bond acceptors (Lipinski definition) is 5. The number of anilines is 1. The van der Waals surface area contributed by atoms with Crippen molar-refractivity contribution in [1.29, 1.82) is 0 Å². The lowest BCUT2D eigenvalue weighted by atomic mass is 10.1. The van der Waals surface area contributed by atoms with Crippen molar-refractivity contribution in [3.8, 4) is 11.3 Å². The summed E-state index contributed by atoms with van der Waals surface area (Å²) in [6, 6.07) is 17.9. The Balaban J connectivity index is 1.30. The minimum absolute atomic E-state index is 0.168. The van der Waals surface area contributed by atoms with Gasteiger partial charge in [0, 0.05) is 37.0 Å². The molecule has 2 aliphatic heterocycles. The average molecular weight is 480 g/mol. The predicted octanol–water partition coefficient (Wildman–Crippen LogP) is 5.29. The predicted molar refractivity (Wildman–Crippen MR) is 140 cm³/mol. The first-order valence-electron chi connectivity index (χ1n) is 12.4. The molecule has 36 heavy (non-hydrogen) atoms. The Morgan fingerprint density at radius 2 is 1.75 bits per heavy atom. The van der Waals surface area contributed by atoms with Crippen molar-refractivity contribution in [3.63, 3.8) is 0 Å². The number of nitrogens with zero attached hydrogens (tertiary/aromatic N) is 4. The lowest BCUT2D eigenvalue weighted by Crippen LogP contribution is -2.31. The van der Waals surface area contributed by atoms with Crippen LogP contribution in [0.1, 0.15) is 46.3 Å². The maximum atomic E-state index is 13.6. The summed E-state index contributed by atoms with van der Waals surface area (Å²) in [5.41, 5.74) is 6.77. The lowest BCUT2D eigenvalue weighted by Gasteiger charge is -2.29. The second kappa shape index (κ2) is 9.49. The van der Waals surface area contributed by atoms with E-state index in [4.69, 9.17) is 9.97 Å². The fraction of sp³-hybridized carbons (Fsp3) is 0.241. The Morgan fingerprint density at radius 3 is 2.58 bits per heavy atom. The van der Waals surface area contributed by atoms with E-state index in [1.165, 1.54) is 24.1 Å². The van der Waals surface area contributed by atoms with E-state index in [1.807, 2.05) is 24.4 Å². The number of benzene rings is 3. The number of nitrogens with one attached hydrogen (secondary N) is 1. The molecule has 0 saturated carbocycles. The van der Waals surface area contributed by atoms with Gasteiger partial charge in [-0.2, -0.15) is 0 Å². The second-order valence-corrected chi connectivity index (χ2v) is 9.34. The third-order valence-electron chi connectivity index (χ3n) is 6.83. The van der Waals surface area contributed by atoms with E-state index in [-0.39, 0.29) is 11.7 Å². The third kappa shape index (κ3) is 4.44. The fourth-order valence-electron chi connectivity index (χ4n) is 4.87. The second-order valence-electron chi connectivity index (χ2n) is 9.34. The quantitative estimate of drug-likeness (QED) is 0.422. The molecule has 1 aromatic heterocycles. The molecule has 0 bridgehead atoms. The first kappa shape index (κ1) is 22.3. The molecule has 4 aromatic rings. The van der Waals surface area contributed by atoms with E-state index < -0.39 is 0 Å². The van der Waals surface area contributed by atoms with Crippen molar-refractivity contribution >= 4 is 29.0 Å². The molecule has 0 radical (unpaired) electrons. The van der Waals surface area contributed by atoms with Crippen LogP contribution in [0, 0.1) is 5.82 Å². The zero-order chi connectivity index (χ0) is 24.5. The van der Waals surface area contributed by atoms with Crippen molar-refractivity contribution < 1.29 is 9.18 Å². The summed E-state index contributed by atoms with van der Waals surface area (Å²) in [5.74, 6) is 0.354. The molecule has 6 nitrogen and oxygen atoms in total. The van der Waals surface area contributed by atoms with Gasteiger partial charge < -0.3 is 10.2 Å². The van der Waals surface area contributed by atoms with Crippen LogP contribution in [0.25, 0.3) is 22.3 Å². The Kier molecular flexibility index (Phi) is 5.89. The summed E-state index contributed by atoms with van der Waals surface area (Å²) in [5, 5.41) is 3.01. The zero-order valence-corrected chi connectivity index (χ0v) is 19.9. The van der Waals surface area contributed by atoms with Gasteiger partial charge in [0.1, 0.15) is 11.5 Å². The number of carbonyl (C=O) groups excluding carboxylic acids is 1. The van der Waals surface area contributed by atoms with Crippen LogP contribution in [0.5, 0.6) is 0 Å². The van der Waals surface area contributed by atoms with Crippen LogP contribution in [-0.4, -0.2) is 35.2 Å². The molecule has 2 aliphatic rings. The third-order valence-corrected chi connectivity index (χ3v) is 6.83. The molecule has 1 N–H and O–H groups in total. The maximum absolute atomic E-state index is 13.6. The van der Waals surface area contributed by atoms with Crippen LogP contribution in [0.2, 0.25) is 0 Å². The molecule has 6 rings (SSSR count). The number of rotatable bonds is 5. The van der Waals surface area contributed by atoms with E-state index in [9.17, 15) is 9.18 Å². The highest BCUT2D eigenvalue weighted by Gasteiger charge is 2.20. The standard InChI is InChI=1S/C29H26FN5O/c30-24-9-6-20(7-10-24)27-28(35-12-2-1-3-13-35)34-25-11-8-21(15-26(25)33-27)29(36)32-16-19-4-5-22-17-31-18-23(22)14-19/h4-11,14-15,17H,1-3,12-13,16,18H2,(H,32,36). The number of aromatic nitrogens is 2. The number of aliphatic imine (C=N–C) groups is 1. The van der Waals surface area contributed by atoms with Crippen molar-refractivity contribution in [2.45, 2.75) is 32.4 Å². The normalized spacial score (nSPS) is 14.8. The molecule has 1 saturated heterocycles. The Hall–Kier alpha value is -4.13. The van der Waals surface area contributed by atoms with Crippen molar-refractivity contribution in [3.05, 3.63) is 88.7 Å². The van der Waals surface area contributed by atoms with Crippen LogP contribution in [0.4, 0.5) is 10.2 Å². The molecule has 0 unspecified atom stereocenters. The van der Waals surface area contributed by atoms with E-state index in [1.54, 1.807) is 24.3 Å². The highest BCUT2D eigenvalue weighted by atomic mass is 19.1. The van der Waals surface area contributed by atoms with Crippen LogP contribution in [0.3, 0.4) is 0 Å². The lowest BCUT2D eigenvalue weighted by molar-refractivity contribution is 0.0951. The van der Waals surface area contributed by atoms with Gasteiger partial charge in [-0.1, -0.05) is 18.2 Å². The van der Waals surface area contributed by atoms with Crippen molar-refractivity contribution in [1.82, 2.24) is 15.3 Å². The van der Waals surface area contributed by atoms with Crippen molar-refractivity contribution in [2.24, 2.45) is 4.99 Å². The summed E-state index contributed by atoms with van der Waals surface area (Å²) < 4.78 is 13.6. The van der Waals surface area contributed by atoms with Gasteiger partial charge in [0.15, 0.2) is 5.82 Å². The number of carbonyl (C=O) groups is 1.